The maximum Gasteiger partial charge on any atom is 0.238 e. The molecule has 0 saturated carbocycles. The van der Waals surface area contributed by atoms with Crippen LogP contribution in [0.2, 0.25) is 0 Å². The smallest absolute Gasteiger partial charge is 0.238 e. The molecule has 0 radical (unpaired) electrons. The van der Waals surface area contributed by atoms with E-state index in [9.17, 15) is 4.79 Å². The van der Waals surface area contributed by atoms with Crippen molar-refractivity contribution in [3.05, 3.63) is 35.9 Å². The summed E-state index contributed by atoms with van der Waals surface area (Å²) in [6, 6.07) is 10.1. The van der Waals surface area contributed by atoms with Gasteiger partial charge in [0.1, 0.15) is 5.38 Å². The van der Waals surface area contributed by atoms with Gasteiger partial charge in [-0.05, 0) is 24.8 Å². The Morgan fingerprint density at radius 1 is 1.24 bits per heavy atom. The van der Waals surface area contributed by atoms with Crippen LogP contribution in [0.1, 0.15) is 38.8 Å². The monoisotopic (exact) mass is 253 g/mol. The summed E-state index contributed by atoms with van der Waals surface area (Å²) < 4.78 is 0. The van der Waals surface area contributed by atoms with Crippen molar-refractivity contribution in [1.29, 1.82) is 0 Å². The van der Waals surface area contributed by atoms with Crippen LogP contribution < -0.4 is 5.32 Å². The van der Waals surface area contributed by atoms with Gasteiger partial charge in [-0.25, -0.2) is 0 Å². The topological polar surface area (TPSA) is 29.1 Å². The summed E-state index contributed by atoms with van der Waals surface area (Å²) >= 11 is 5.78. The Morgan fingerprint density at radius 2 is 1.82 bits per heavy atom. The summed E-state index contributed by atoms with van der Waals surface area (Å²) in [6.07, 6.45) is 0.916. The lowest BCUT2D eigenvalue weighted by molar-refractivity contribution is -0.121. The largest absolute Gasteiger partial charge is 0.348 e. The lowest BCUT2D eigenvalue weighted by Gasteiger charge is -2.21. The molecule has 1 aromatic carbocycles. The molecule has 2 nitrogen and oxygen atoms in total. The molecular weight excluding hydrogens is 234 g/mol. The van der Waals surface area contributed by atoms with Gasteiger partial charge in [0, 0.05) is 0 Å². The van der Waals surface area contributed by atoms with Crippen LogP contribution in [0.25, 0.3) is 0 Å². The summed E-state index contributed by atoms with van der Waals surface area (Å²) in [7, 11) is 0. The van der Waals surface area contributed by atoms with E-state index in [1.807, 2.05) is 30.3 Å². The number of nitrogens with one attached hydrogen (secondary N) is 1. The summed E-state index contributed by atoms with van der Waals surface area (Å²) in [5.41, 5.74) is 1.13. The highest BCUT2D eigenvalue weighted by atomic mass is 35.5. The number of carbonyl (C=O) groups is 1. The predicted molar refractivity (Wildman–Crippen MR) is 72.1 cm³/mol. The van der Waals surface area contributed by atoms with Crippen LogP contribution in [0.15, 0.2) is 30.3 Å². The molecule has 0 aromatic heterocycles. The van der Waals surface area contributed by atoms with Gasteiger partial charge >= 0.3 is 0 Å². The number of hydrogen-bond acceptors (Lipinski definition) is 1. The van der Waals surface area contributed by atoms with Gasteiger partial charge in [0.15, 0.2) is 0 Å². The molecule has 0 saturated heterocycles. The molecule has 1 N–H and O–H groups in total. The third-order valence-electron chi connectivity index (χ3n) is 2.59. The molecule has 0 aliphatic rings. The predicted octanol–water partition coefficient (Wildman–Crippen LogP) is 3.52. The number of alkyl halides is 1. The molecule has 3 heteroatoms. The number of halogens is 1. The molecule has 0 heterocycles. The van der Waals surface area contributed by atoms with Gasteiger partial charge in [-0.1, -0.05) is 44.2 Å². The van der Waals surface area contributed by atoms with Crippen LogP contribution in [-0.2, 0) is 4.79 Å². The second-order valence-electron chi connectivity index (χ2n) is 4.72. The van der Waals surface area contributed by atoms with E-state index in [0.29, 0.717) is 5.92 Å². The quantitative estimate of drug-likeness (QED) is 0.800. The normalized spacial score (nSPS) is 14.4. The van der Waals surface area contributed by atoms with Gasteiger partial charge in [0.25, 0.3) is 0 Å². The molecule has 1 aromatic rings. The first kappa shape index (κ1) is 14.0. The summed E-state index contributed by atoms with van der Waals surface area (Å²) in [6.45, 7) is 5.98. The Morgan fingerprint density at radius 3 is 2.29 bits per heavy atom. The number of hydrogen-bond donors (Lipinski definition) is 1. The highest BCUT2D eigenvalue weighted by Gasteiger charge is 2.18. The van der Waals surface area contributed by atoms with E-state index < -0.39 is 5.38 Å². The van der Waals surface area contributed by atoms with E-state index in [1.165, 1.54) is 0 Å². The molecule has 0 spiro atoms. The van der Waals surface area contributed by atoms with Gasteiger partial charge < -0.3 is 5.32 Å². The first-order valence-corrected chi connectivity index (χ1v) is 6.43. The van der Waals surface area contributed by atoms with E-state index in [2.05, 4.69) is 19.2 Å². The van der Waals surface area contributed by atoms with Crippen LogP contribution in [0.3, 0.4) is 0 Å². The number of carbonyl (C=O) groups excluding carboxylic acids is 1. The average Bonchev–Trinajstić information content (AvgIpc) is 2.28. The van der Waals surface area contributed by atoms with Gasteiger partial charge in [-0.2, -0.15) is 0 Å². The fraction of sp³-hybridized carbons (Fsp3) is 0.500. The van der Waals surface area contributed by atoms with Crippen LogP contribution in [-0.4, -0.2) is 11.3 Å². The Labute approximate surface area is 108 Å². The van der Waals surface area contributed by atoms with Crippen molar-refractivity contribution in [2.24, 2.45) is 5.92 Å². The van der Waals surface area contributed by atoms with Crippen molar-refractivity contribution in [2.45, 2.75) is 38.6 Å². The lowest BCUT2D eigenvalue weighted by Crippen LogP contribution is -2.34. The zero-order chi connectivity index (χ0) is 12.8. The second-order valence-corrected chi connectivity index (χ2v) is 5.37. The first-order chi connectivity index (χ1) is 8.00. The fourth-order valence-corrected chi connectivity index (χ4v) is 1.78. The van der Waals surface area contributed by atoms with Crippen LogP contribution in [0.4, 0.5) is 0 Å². The standard InChI is InChI=1S/C14H20ClNO/c1-10(2)9-13(16-14(17)11(3)15)12-7-5-4-6-8-12/h4-8,10-11,13H,9H2,1-3H3,(H,16,17). The summed E-state index contributed by atoms with van der Waals surface area (Å²) in [4.78, 5) is 11.7. The number of amides is 1. The Balaban J connectivity index is 2.78. The van der Waals surface area contributed by atoms with Gasteiger partial charge in [0.05, 0.1) is 6.04 Å². The van der Waals surface area contributed by atoms with Gasteiger partial charge in [0.2, 0.25) is 5.91 Å². The molecule has 17 heavy (non-hydrogen) atoms. The van der Waals surface area contributed by atoms with E-state index in [0.717, 1.165) is 12.0 Å². The number of rotatable bonds is 5. The molecule has 94 valence electrons. The highest BCUT2D eigenvalue weighted by Crippen LogP contribution is 2.21. The minimum atomic E-state index is -0.492. The molecule has 0 aliphatic carbocycles. The van der Waals surface area contributed by atoms with E-state index in [1.54, 1.807) is 6.92 Å². The molecule has 0 fully saturated rings. The van der Waals surface area contributed by atoms with Crippen LogP contribution in [0.5, 0.6) is 0 Å². The summed E-state index contributed by atoms with van der Waals surface area (Å²) in [5.74, 6) is 0.410. The SMILES string of the molecule is CC(C)CC(NC(=O)C(C)Cl)c1ccccc1. The first-order valence-electron chi connectivity index (χ1n) is 6.00. The Hall–Kier alpha value is -1.02. The van der Waals surface area contributed by atoms with Crippen LogP contribution >= 0.6 is 11.6 Å². The third kappa shape index (κ3) is 4.78. The van der Waals surface area contributed by atoms with Crippen molar-refractivity contribution >= 4 is 17.5 Å². The van der Waals surface area contributed by atoms with Crippen molar-refractivity contribution in [3.63, 3.8) is 0 Å². The minimum Gasteiger partial charge on any atom is -0.348 e. The molecule has 2 atom stereocenters. The molecule has 0 bridgehead atoms. The lowest BCUT2D eigenvalue weighted by atomic mass is 9.97. The van der Waals surface area contributed by atoms with Crippen molar-refractivity contribution in [1.82, 2.24) is 5.32 Å². The van der Waals surface area contributed by atoms with Gasteiger partial charge in [-0.15, -0.1) is 11.6 Å². The van der Waals surface area contributed by atoms with E-state index >= 15 is 0 Å². The van der Waals surface area contributed by atoms with Crippen molar-refractivity contribution < 1.29 is 4.79 Å². The highest BCUT2D eigenvalue weighted by molar-refractivity contribution is 6.30. The fourth-order valence-electron chi connectivity index (χ4n) is 1.72. The van der Waals surface area contributed by atoms with Crippen molar-refractivity contribution in [2.75, 3.05) is 0 Å². The molecule has 0 aliphatic heterocycles. The average molecular weight is 254 g/mol. The maximum atomic E-state index is 11.7. The zero-order valence-corrected chi connectivity index (χ0v) is 11.4. The molecule has 1 rings (SSSR count). The molecule has 2 unspecified atom stereocenters. The van der Waals surface area contributed by atoms with Gasteiger partial charge in [-0.3, -0.25) is 4.79 Å². The van der Waals surface area contributed by atoms with E-state index in [-0.39, 0.29) is 11.9 Å². The molecular formula is C14H20ClNO. The van der Waals surface area contributed by atoms with Crippen molar-refractivity contribution in [3.8, 4) is 0 Å². The summed E-state index contributed by atoms with van der Waals surface area (Å²) in [5, 5.41) is 2.50. The second kappa shape index (κ2) is 6.65. The van der Waals surface area contributed by atoms with Crippen LogP contribution in [0, 0.1) is 5.92 Å². The maximum absolute atomic E-state index is 11.7. The minimum absolute atomic E-state index is 0.0462. The van der Waals surface area contributed by atoms with E-state index in [4.69, 9.17) is 11.6 Å². The Bertz CT molecular complexity index is 348. The molecule has 1 amide bonds. The number of benzene rings is 1. The third-order valence-corrected chi connectivity index (χ3v) is 2.79. The zero-order valence-electron chi connectivity index (χ0n) is 10.6. The Kier molecular flexibility index (Phi) is 5.49.